The Balaban J connectivity index is 2.23. The SMILES string of the molecule is C=CCN(CC(=O)N(Cc1cccn1C)CC(C)C)C(=O)c1cccc(C(F)(F)F)c1. The van der Waals surface area contributed by atoms with Crippen molar-refractivity contribution >= 4 is 11.8 Å². The maximum absolute atomic E-state index is 13.1. The molecular weight excluding hydrogens is 407 g/mol. The number of rotatable bonds is 9. The topological polar surface area (TPSA) is 45.6 Å². The number of alkyl halides is 3. The van der Waals surface area contributed by atoms with E-state index in [1.165, 1.54) is 23.1 Å². The van der Waals surface area contributed by atoms with Crippen molar-refractivity contribution < 1.29 is 22.8 Å². The zero-order chi connectivity index (χ0) is 23.2. The van der Waals surface area contributed by atoms with Crippen LogP contribution >= 0.6 is 0 Å². The van der Waals surface area contributed by atoms with Crippen molar-refractivity contribution in [1.29, 1.82) is 0 Å². The van der Waals surface area contributed by atoms with E-state index < -0.39 is 17.6 Å². The molecule has 2 amide bonds. The molecule has 0 bridgehead atoms. The Morgan fingerprint density at radius 2 is 1.87 bits per heavy atom. The first-order chi connectivity index (χ1) is 14.5. The predicted octanol–water partition coefficient (Wildman–Crippen LogP) is 4.36. The van der Waals surface area contributed by atoms with Gasteiger partial charge in [-0.15, -0.1) is 6.58 Å². The van der Waals surface area contributed by atoms with Crippen LogP contribution in [0.4, 0.5) is 13.2 Å². The lowest BCUT2D eigenvalue weighted by molar-refractivity contribution is -0.137. The van der Waals surface area contributed by atoms with Crippen LogP contribution in [0.15, 0.2) is 55.3 Å². The van der Waals surface area contributed by atoms with E-state index in [-0.39, 0.29) is 30.5 Å². The molecule has 1 heterocycles. The van der Waals surface area contributed by atoms with Crippen LogP contribution in [0.3, 0.4) is 0 Å². The number of nitrogens with zero attached hydrogens (tertiary/aromatic N) is 3. The largest absolute Gasteiger partial charge is 0.416 e. The number of amides is 2. The van der Waals surface area contributed by atoms with Crippen molar-refractivity contribution in [2.45, 2.75) is 26.6 Å². The third-order valence-electron chi connectivity index (χ3n) is 4.74. The standard InChI is InChI=1S/C23H28F3N3O2/c1-5-11-28(22(31)18-8-6-9-19(13-18)23(24,25)26)16-21(30)29(14-17(2)3)15-20-10-7-12-27(20)4/h5-10,12-13,17H,1,11,14-16H2,2-4H3. The third kappa shape index (κ3) is 6.73. The Kier molecular flexibility index (Phi) is 8.08. The van der Waals surface area contributed by atoms with Crippen LogP contribution in [0.1, 0.15) is 35.5 Å². The second-order valence-corrected chi connectivity index (χ2v) is 7.83. The van der Waals surface area contributed by atoms with E-state index in [4.69, 9.17) is 0 Å². The zero-order valence-corrected chi connectivity index (χ0v) is 18.0. The van der Waals surface area contributed by atoms with Crippen molar-refractivity contribution in [3.05, 3.63) is 72.1 Å². The van der Waals surface area contributed by atoms with Crippen LogP contribution < -0.4 is 0 Å². The molecule has 1 aromatic carbocycles. The molecule has 0 N–H and O–H groups in total. The highest BCUT2D eigenvalue weighted by Gasteiger charge is 2.31. The minimum absolute atomic E-state index is 0.0422. The highest BCUT2D eigenvalue weighted by atomic mass is 19.4. The van der Waals surface area contributed by atoms with Gasteiger partial charge in [0.2, 0.25) is 5.91 Å². The summed E-state index contributed by atoms with van der Waals surface area (Å²) in [6, 6.07) is 8.01. The van der Waals surface area contributed by atoms with E-state index in [9.17, 15) is 22.8 Å². The summed E-state index contributed by atoms with van der Waals surface area (Å²) >= 11 is 0. The summed E-state index contributed by atoms with van der Waals surface area (Å²) in [5.74, 6) is -0.726. The van der Waals surface area contributed by atoms with Gasteiger partial charge in [-0.1, -0.05) is 26.0 Å². The highest BCUT2D eigenvalue weighted by molar-refractivity contribution is 5.96. The molecule has 168 valence electrons. The molecule has 0 saturated heterocycles. The molecule has 0 aliphatic carbocycles. The summed E-state index contributed by atoms with van der Waals surface area (Å²) in [5, 5.41) is 0. The summed E-state index contributed by atoms with van der Waals surface area (Å²) in [7, 11) is 1.88. The maximum Gasteiger partial charge on any atom is 0.416 e. The molecule has 2 rings (SSSR count). The van der Waals surface area contributed by atoms with Gasteiger partial charge in [-0.3, -0.25) is 9.59 Å². The molecule has 0 aliphatic rings. The lowest BCUT2D eigenvalue weighted by Crippen LogP contribution is -2.44. The fourth-order valence-electron chi connectivity index (χ4n) is 3.20. The fourth-order valence-corrected chi connectivity index (χ4v) is 3.20. The molecule has 2 aromatic rings. The van der Waals surface area contributed by atoms with Crippen molar-refractivity contribution in [2.24, 2.45) is 13.0 Å². The van der Waals surface area contributed by atoms with Gasteiger partial charge < -0.3 is 14.4 Å². The van der Waals surface area contributed by atoms with Gasteiger partial charge in [0.05, 0.1) is 12.1 Å². The highest BCUT2D eigenvalue weighted by Crippen LogP contribution is 2.29. The first-order valence-electron chi connectivity index (χ1n) is 9.98. The summed E-state index contributed by atoms with van der Waals surface area (Å²) in [4.78, 5) is 28.8. The van der Waals surface area contributed by atoms with E-state index in [0.29, 0.717) is 13.1 Å². The second-order valence-electron chi connectivity index (χ2n) is 7.83. The zero-order valence-electron chi connectivity index (χ0n) is 18.0. The van der Waals surface area contributed by atoms with E-state index in [0.717, 1.165) is 17.8 Å². The summed E-state index contributed by atoms with van der Waals surface area (Å²) in [6.45, 7) is 8.23. The van der Waals surface area contributed by atoms with Gasteiger partial charge in [-0.2, -0.15) is 13.2 Å². The van der Waals surface area contributed by atoms with E-state index >= 15 is 0 Å². The smallest absolute Gasteiger partial charge is 0.353 e. The molecule has 0 unspecified atom stereocenters. The molecule has 0 spiro atoms. The van der Waals surface area contributed by atoms with Crippen LogP contribution in [-0.2, 0) is 24.6 Å². The Hall–Kier alpha value is -3.03. The summed E-state index contributed by atoms with van der Waals surface area (Å²) in [6.07, 6.45) is -1.23. The van der Waals surface area contributed by atoms with Crippen molar-refractivity contribution in [3.63, 3.8) is 0 Å². The van der Waals surface area contributed by atoms with E-state index in [1.807, 2.05) is 43.8 Å². The second kappa shape index (κ2) is 10.3. The number of hydrogen-bond donors (Lipinski definition) is 0. The minimum atomic E-state index is -4.56. The third-order valence-corrected chi connectivity index (χ3v) is 4.74. The number of benzene rings is 1. The van der Waals surface area contributed by atoms with Gasteiger partial charge >= 0.3 is 6.18 Å². The van der Waals surface area contributed by atoms with Crippen molar-refractivity contribution in [2.75, 3.05) is 19.6 Å². The number of carbonyl (C=O) groups excluding carboxylic acids is 2. The molecule has 0 atom stereocenters. The van der Waals surface area contributed by atoms with Crippen molar-refractivity contribution in [1.82, 2.24) is 14.4 Å². The monoisotopic (exact) mass is 435 g/mol. The number of hydrogen-bond acceptors (Lipinski definition) is 2. The van der Waals surface area contributed by atoms with Gasteiger partial charge in [0, 0.05) is 37.6 Å². The average molecular weight is 435 g/mol. The van der Waals surface area contributed by atoms with Crippen molar-refractivity contribution in [3.8, 4) is 0 Å². The molecule has 5 nitrogen and oxygen atoms in total. The van der Waals surface area contributed by atoms with Gasteiger partial charge in [-0.05, 0) is 36.2 Å². The molecule has 31 heavy (non-hydrogen) atoms. The number of halogens is 3. The lowest BCUT2D eigenvalue weighted by atomic mass is 10.1. The Morgan fingerprint density at radius 3 is 2.42 bits per heavy atom. The molecule has 1 aromatic heterocycles. The van der Waals surface area contributed by atoms with Gasteiger partial charge in [-0.25, -0.2) is 0 Å². The van der Waals surface area contributed by atoms with Gasteiger partial charge in [0.1, 0.15) is 6.54 Å². The first-order valence-corrected chi connectivity index (χ1v) is 9.98. The maximum atomic E-state index is 13.1. The van der Waals surface area contributed by atoms with Gasteiger partial charge in [0.15, 0.2) is 0 Å². The minimum Gasteiger partial charge on any atom is -0.353 e. The number of aryl methyl sites for hydroxylation is 1. The normalized spacial score (nSPS) is 11.5. The Bertz CT molecular complexity index is 919. The Labute approximate surface area is 180 Å². The van der Waals surface area contributed by atoms with Crippen LogP contribution in [0.5, 0.6) is 0 Å². The van der Waals surface area contributed by atoms with Crippen LogP contribution in [0, 0.1) is 5.92 Å². The average Bonchev–Trinajstić information content (AvgIpc) is 3.10. The Morgan fingerprint density at radius 1 is 1.16 bits per heavy atom. The lowest BCUT2D eigenvalue weighted by Gasteiger charge is -2.28. The first kappa shape index (κ1) is 24.2. The summed E-state index contributed by atoms with van der Waals surface area (Å²) in [5.41, 5.74) is -0.0934. The van der Waals surface area contributed by atoms with E-state index in [1.54, 1.807) is 4.90 Å². The molecule has 0 aliphatic heterocycles. The van der Waals surface area contributed by atoms with Crippen LogP contribution in [0.25, 0.3) is 0 Å². The summed E-state index contributed by atoms with van der Waals surface area (Å²) < 4.78 is 41.0. The molecule has 0 fully saturated rings. The predicted molar refractivity (Wildman–Crippen MR) is 113 cm³/mol. The molecule has 0 radical (unpaired) electrons. The molecule has 0 saturated carbocycles. The number of carbonyl (C=O) groups is 2. The molecule has 8 heteroatoms. The van der Waals surface area contributed by atoms with Gasteiger partial charge in [0.25, 0.3) is 5.91 Å². The molecular formula is C23H28F3N3O2. The van der Waals surface area contributed by atoms with E-state index in [2.05, 4.69) is 6.58 Å². The quantitative estimate of drug-likeness (QED) is 0.550. The fraction of sp³-hybridized carbons (Fsp3) is 0.391. The van der Waals surface area contributed by atoms with Crippen LogP contribution in [-0.4, -0.2) is 45.8 Å². The van der Waals surface area contributed by atoms with Crippen LogP contribution in [0.2, 0.25) is 0 Å². The number of aromatic nitrogens is 1.